The summed E-state index contributed by atoms with van der Waals surface area (Å²) < 4.78 is 38.0. The summed E-state index contributed by atoms with van der Waals surface area (Å²) in [6, 6.07) is -1.02. The highest BCUT2D eigenvalue weighted by Crippen LogP contribution is 2.30. The van der Waals surface area contributed by atoms with Gasteiger partial charge in [0.1, 0.15) is 48.8 Å². The van der Waals surface area contributed by atoms with Gasteiger partial charge in [0.2, 0.25) is 0 Å². The van der Waals surface area contributed by atoms with E-state index in [-0.39, 0.29) is 32.1 Å². The van der Waals surface area contributed by atoms with Crippen molar-refractivity contribution in [3.05, 3.63) is 0 Å². The molecule has 4 aliphatic heterocycles. The first-order valence-electron chi connectivity index (χ1n) is 17.3. The van der Waals surface area contributed by atoms with Gasteiger partial charge in [-0.05, 0) is 12.8 Å². The molecule has 4 aliphatic rings. The third kappa shape index (κ3) is 10.7. The van der Waals surface area contributed by atoms with Gasteiger partial charge in [0.25, 0.3) is 0 Å². The normalized spacial score (nSPS) is 41.5. The van der Waals surface area contributed by atoms with Gasteiger partial charge in [0.15, 0.2) is 18.9 Å². The van der Waals surface area contributed by atoms with Gasteiger partial charge < -0.3 is 89.5 Å². The van der Waals surface area contributed by atoms with Crippen molar-refractivity contribution in [2.45, 2.75) is 156 Å². The molecule has 17 atom stereocenters. The number of methoxy groups -OCH3 is 1. The van der Waals surface area contributed by atoms with Crippen LogP contribution in [0.25, 0.3) is 0 Å². The SMILES string of the molecule is COC(=O)CCCCCCCCO[C@H]1O[C@H](CO[C@H]2O[C@H](CO[C@H]3O[C@H](CC(O)[C@H](O)[C@H]4NC[C@@H](O)[C@@H]4O)[C@@H](O)[C@@H]3O)[C@@H](O)[C@@H]2O)[C@@H](O)[C@@H]1O. The third-order valence-electron chi connectivity index (χ3n) is 9.65. The zero-order chi connectivity index (χ0) is 36.5. The molecule has 0 radical (unpaired) electrons. The molecule has 0 bridgehead atoms. The van der Waals surface area contributed by atoms with Gasteiger partial charge in [-0.2, -0.15) is 0 Å². The van der Waals surface area contributed by atoms with Crippen molar-refractivity contribution < 1.29 is 89.0 Å². The molecule has 0 aromatic rings. The van der Waals surface area contributed by atoms with E-state index in [0.717, 1.165) is 32.1 Å². The van der Waals surface area contributed by atoms with Gasteiger partial charge >= 0.3 is 5.97 Å². The number of ether oxygens (including phenoxy) is 7. The van der Waals surface area contributed by atoms with Crippen LogP contribution < -0.4 is 5.32 Å². The third-order valence-corrected chi connectivity index (χ3v) is 9.65. The van der Waals surface area contributed by atoms with Gasteiger partial charge in [0.05, 0.1) is 56.9 Å². The minimum atomic E-state index is -1.58. The van der Waals surface area contributed by atoms with Crippen molar-refractivity contribution in [3.63, 3.8) is 0 Å². The molecule has 292 valence electrons. The molecule has 50 heavy (non-hydrogen) atoms. The Morgan fingerprint density at radius 2 is 1.14 bits per heavy atom. The summed E-state index contributed by atoms with van der Waals surface area (Å²) in [6.07, 6.45) is -16.4. The van der Waals surface area contributed by atoms with Gasteiger partial charge in [-0.3, -0.25) is 4.79 Å². The number of hydrogen-bond acceptors (Lipinski definition) is 19. The average Bonchev–Trinajstić information content (AvgIpc) is 3.76. The smallest absolute Gasteiger partial charge is 0.305 e. The van der Waals surface area contributed by atoms with Crippen molar-refractivity contribution >= 4 is 5.97 Å². The van der Waals surface area contributed by atoms with Crippen LogP contribution >= 0.6 is 0 Å². The van der Waals surface area contributed by atoms with E-state index in [9.17, 15) is 55.9 Å². The molecule has 1 unspecified atom stereocenters. The van der Waals surface area contributed by atoms with Crippen molar-refractivity contribution in [2.75, 3.05) is 33.5 Å². The first-order valence-corrected chi connectivity index (χ1v) is 17.3. The fraction of sp³-hybridized carbons (Fsp3) is 0.968. The standard InChI is InChI=1S/C31H55NO18/c1-44-19(35)8-6-4-2-3-5-7-9-45-29-27(42)24(39)17(49-29)12-47-31-28(43)25(40)18(50-31)13-46-30-26(41)23(38)16(48-30)10-14(33)21(36)20-22(37)15(34)11-32-20/h14-18,20-34,36-43H,2-13H2,1H3/t14?,15-,16-,17-,18-,20-,21+,22+,23-,24-,25-,26+,27+,28+,29+,30+,31+/m1/s1. The van der Waals surface area contributed by atoms with E-state index in [0.29, 0.717) is 12.8 Å². The maximum atomic E-state index is 11.1. The molecular formula is C31H55NO18. The van der Waals surface area contributed by atoms with Crippen LogP contribution in [0.1, 0.15) is 51.4 Å². The Bertz CT molecular complexity index is 1010. The van der Waals surface area contributed by atoms with E-state index in [1.54, 1.807) is 0 Å². The molecular weight excluding hydrogens is 674 g/mol. The first kappa shape index (κ1) is 41.5. The lowest BCUT2D eigenvalue weighted by Crippen LogP contribution is -2.50. The number of β-amino-alcohol motifs (C(OH)–C–C–N with tert-alkyl or cyclic N) is 1. The summed E-state index contributed by atoms with van der Waals surface area (Å²) in [6.45, 7) is -0.451. The Hall–Kier alpha value is -1.21. The van der Waals surface area contributed by atoms with Crippen LogP contribution in [0.4, 0.5) is 0 Å². The van der Waals surface area contributed by atoms with E-state index in [1.807, 2.05) is 0 Å². The molecule has 11 N–H and O–H groups in total. The number of unbranched alkanes of at least 4 members (excludes halogenated alkanes) is 5. The minimum Gasteiger partial charge on any atom is -0.469 e. The second-order valence-corrected chi connectivity index (χ2v) is 13.3. The molecule has 0 amide bonds. The van der Waals surface area contributed by atoms with Crippen LogP contribution in [-0.4, -0.2) is 195 Å². The monoisotopic (exact) mass is 729 g/mol. The summed E-state index contributed by atoms with van der Waals surface area (Å²) in [4.78, 5) is 11.1. The molecule has 0 aromatic heterocycles. The number of carbonyl (C=O) groups is 1. The lowest BCUT2D eigenvalue weighted by molar-refractivity contribution is -0.219. The maximum Gasteiger partial charge on any atom is 0.305 e. The number of rotatable bonds is 20. The number of carbonyl (C=O) groups excluding carboxylic acids is 1. The number of aliphatic hydroxyl groups is 10. The molecule has 4 fully saturated rings. The Morgan fingerprint density at radius 1 is 0.660 bits per heavy atom. The van der Waals surface area contributed by atoms with Crippen LogP contribution in [-0.2, 0) is 38.0 Å². The Labute approximate surface area is 289 Å². The fourth-order valence-corrected chi connectivity index (χ4v) is 6.46. The molecule has 0 aliphatic carbocycles. The lowest BCUT2D eigenvalue weighted by atomic mass is 9.95. The Balaban J connectivity index is 1.13. The highest BCUT2D eigenvalue weighted by molar-refractivity contribution is 5.68. The Kier molecular flexibility index (Phi) is 16.4. The fourth-order valence-electron chi connectivity index (χ4n) is 6.46. The topological polar surface area (TPSA) is 296 Å². The number of esters is 1. The van der Waals surface area contributed by atoms with Gasteiger partial charge in [-0.25, -0.2) is 0 Å². The van der Waals surface area contributed by atoms with Gasteiger partial charge in [-0.1, -0.05) is 25.7 Å². The first-order chi connectivity index (χ1) is 23.8. The maximum absolute atomic E-state index is 11.1. The highest BCUT2D eigenvalue weighted by atomic mass is 16.7. The van der Waals surface area contributed by atoms with Crippen molar-refractivity contribution in [1.29, 1.82) is 0 Å². The molecule has 4 rings (SSSR count). The molecule has 19 heteroatoms. The summed E-state index contributed by atoms with van der Waals surface area (Å²) in [5.41, 5.74) is 0. The molecule has 19 nitrogen and oxygen atoms in total. The van der Waals surface area contributed by atoms with E-state index < -0.39 is 111 Å². The van der Waals surface area contributed by atoms with Crippen molar-refractivity contribution in [3.8, 4) is 0 Å². The van der Waals surface area contributed by atoms with E-state index >= 15 is 0 Å². The van der Waals surface area contributed by atoms with Crippen LogP contribution in [0, 0.1) is 0 Å². The lowest BCUT2D eigenvalue weighted by Gasteiger charge is -2.28. The molecule has 4 saturated heterocycles. The molecule has 4 heterocycles. The quantitative estimate of drug-likeness (QED) is 0.0413. The van der Waals surface area contributed by atoms with Gasteiger partial charge in [-0.15, -0.1) is 0 Å². The summed E-state index contributed by atoms with van der Waals surface area (Å²) in [5.74, 6) is -0.218. The summed E-state index contributed by atoms with van der Waals surface area (Å²) >= 11 is 0. The van der Waals surface area contributed by atoms with Crippen LogP contribution in [0.5, 0.6) is 0 Å². The Morgan fingerprint density at radius 3 is 1.66 bits per heavy atom. The molecule has 0 aromatic carbocycles. The highest BCUT2D eigenvalue weighted by Gasteiger charge is 2.50. The van der Waals surface area contributed by atoms with Crippen LogP contribution in [0.3, 0.4) is 0 Å². The van der Waals surface area contributed by atoms with Crippen molar-refractivity contribution in [2.24, 2.45) is 0 Å². The number of nitrogens with one attached hydrogen (secondary N) is 1. The number of hydrogen-bond donors (Lipinski definition) is 11. The predicted molar refractivity (Wildman–Crippen MR) is 165 cm³/mol. The average molecular weight is 730 g/mol. The minimum absolute atomic E-state index is 0.0161. The van der Waals surface area contributed by atoms with E-state index in [4.69, 9.17) is 28.4 Å². The van der Waals surface area contributed by atoms with E-state index in [1.165, 1.54) is 7.11 Å². The van der Waals surface area contributed by atoms with E-state index in [2.05, 4.69) is 10.1 Å². The largest absolute Gasteiger partial charge is 0.469 e. The molecule has 0 spiro atoms. The second kappa shape index (κ2) is 19.7. The zero-order valence-corrected chi connectivity index (χ0v) is 28.0. The second-order valence-electron chi connectivity index (χ2n) is 13.3. The van der Waals surface area contributed by atoms with Gasteiger partial charge in [0, 0.05) is 26.0 Å². The van der Waals surface area contributed by atoms with Crippen LogP contribution in [0.15, 0.2) is 0 Å². The summed E-state index contributed by atoms with van der Waals surface area (Å²) in [7, 11) is 1.37. The summed E-state index contributed by atoms with van der Waals surface area (Å²) in [5, 5.41) is 106. The molecule has 0 saturated carbocycles. The van der Waals surface area contributed by atoms with Crippen molar-refractivity contribution in [1.82, 2.24) is 5.32 Å². The van der Waals surface area contributed by atoms with Crippen LogP contribution in [0.2, 0.25) is 0 Å². The zero-order valence-electron chi connectivity index (χ0n) is 28.0. The predicted octanol–water partition coefficient (Wildman–Crippen LogP) is -4.91. The number of aliphatic hydroxyl groups excluding tert-OH is 10.